The van der Waals surface area contributed by atoms with E-state index in [0.717, 1.165) is 36.7 Å². The summed E-state index contributed by atoms with van der Waals surface area (Å²) in [6.07, 6.45) is 31.2. The number of halogens is 3. The topological polar surface area (TPSA) is 102 Å². The van der Waals surface area contributed by atoms with Crippen molar-refractivity contribution in [2.45, 2.75) is 173 Å². The molecule has 0 aromatic heterocycles. The second-order valence-corrected chi connectivity index (χ2v) is 16.7. The van der Waals surface area contributed by atoms with Gasteiger partial charge in [-0.05, 0) is 12.8 Å². The lowest BCUT2D eigenvalue weighted by Crippen LogP contribution is -2.37. The lowest BCUT2D eigenvalue weighted by molar-refractivity contribution is -0.870. The maximum absolute atomic E-state index is 13.2. The van der Waals surface area contributed by atoms with E-state index in [9.17, 15) is 17.7 Å². The molecule has 0 aliphatic heterocycles. The van der Waals surface area contributed by atoms with Crippen molar-refractivity contribution in [2.24, 2.45) is 0 Å². The van der Waals surface area contributed by atoms with Crippen LogP contribution in [0.25, 0.3) is 0 Å². The summed E-state index contributed by atoms with van der Waals surface area (Å²) in [7, 11) is -3.25. The Kier molecular flexibility index (Phi) is 31.8. The lowest BCUT2D eigenvalue weighted by Gasteiger charge is -2.25. The van der Waals surface area contributed by atoms with E-state index in [-0.39, 0.29) is 0 Å². The molecule has 0 aliphatic carbocycles. The van der Waals surface area contributed by atoms with Crippen molar-refractivity contribution in [3.63, 3.8) is 0 Å². The first-order valence-corrected chi connectivity index (χ1v) is 21.3. The molecule has 0 saturated carbocycles. The highest BCUT2D eigenvalue weighted by Crippen LogP contribution is 2.49. The molecule has 13 heteroatoms. The summed E-state index contributed by atoms with van der Waals surface area (Å²) in [5.74, 6) is 0. The third kappa shape index (κ3) is 36.9. The fourth-order valence-corrected chi connectivity index (χ4v) is 6.01. The summed E-state index contributed by atoms with van der Waals surface area (Å²) in [6.45, 7) is 6.62. The zero-order valence-electron chi connectivity index (χ0n) is 30.6. The van der Waals surface area contributed by atoms with Gasteiger partial charge >= 0.3 is 13.3 Å². The Morgan fingerprint density at radius 2 is 0.766 bits per heavy atom. The average Bonchev–Trinajstić information content (AvgIpc) is 2.96. The van der Waals surface area contributed by atoms with Gasteiger partial charge in [-0.1, -0.05) is 155 Å². The number of phosphoric ester groups is 1. The Morgan fingerprint density at radius 3 is 1.00 bits per heavy atom. The Hall–Kier alpha value is -0.230. The summed E-state index contributed by atoms with van der Waals surface area (Å²) in [5, 5.41) is 0. The zero-order valence-corrected chi connectivity index (χ0v) is 32.3. The van der Waals surface area contributed by atoms with Crippen molar-refractivity contribution in [1.29, 1.82) is 0 Å². The highest BCUT2D eigenvalue weighted by Gasteiger charge is 2.37. The summed E-state index contributed by atoms with van der Waals surface area (Å²) in [6, 6.07) is 0. The van der Waals surface area contributed by atoms with Crippen molar-refractivity contribution in [3.05, 3.63) is 0 Å². The third-order valence-electron chi connectivity index (χ3n) is 7.79. The maximum atomic E-state index is 13.2. The largest absolute Gasteiger partial charge is 0.741 e. The van der Waals surface area contributed by atoms with Crippen LogP contribution in [0.4, 0.5) is 13.2 Å². The van der Waals surface area contributed by atoms with Crippen LogP contribution in [0.1, 0.15) is 168 Å². The number of unbranched alkanes of at least 4 members (excludes halogenated alkanes) is 22. The van der Waals surface area contributed by atoms with E-state index in [1.54, 1.807) is 0 Å². The molecule has 47 heavy (non-hydrogen) atoms. The fraction of sp³-hybridized carbons (Fsp3) is 1.00. The Balaban J connectivity index is 0. The van der Waals surface area contributed by atoms with Crippen molar-refractivity contribution >= 4 is 17.9 Å². The van der Waals surface area contributed by atoms with Gasteiger partial charge in [0.25, 0.3) is 0 Å². The second-order valence-electron chi connectivity index (χ2n) is 13.6. The van der Waals surface area contributed by atoms with Gasteiger partial charge in [-0.25, -0.2) is 13.0 Å². The number of alkyl halides is 3. The number of likely N-dealkylation sites (N-methyl/N-ethyl adjacent to an activating group) is 1. The molecule has 0 spiro atoms. The normalized spacial score (nSPS) is 13.7. The molecule has 0 fully saturated rings. The van der Waals surface area contributed by atoms with Gasteiger partial charge in [0.05, 0.1) is 34.4 Å². The van der Waals surface area contributed by atoms with Crippen LogP contribution >= 0.6 is 7.82 Å². The smallest absolute Gasteiger partial charge is 0.485 e. The van der Waals surface area contributed by atoms with E-state index in [2.05, 4.69) is 35.0 Å². The van der Waals surface area contributed by atoms with Crippen LogP contribution in [0.15, 0.2) is 0 Å². The van der Waals surface area contributed by atoms with Gasteiger partial charge in [0.2, 0.25) is 0 Å². The third-order valence-corrected chi connectivity index (χ3v) is 9.85. The van der Waals surface area contributed by atoms with Crippen molar-refractivity contribution in [1.82, 2.24) is 0 Å². The highest BCUT2D eigenvalue weighted by atomic mass is 32.2. The minimum absolute atomic E-state index is 0.386. The molecule has 0 aromatic carbocycles. The summed E-state index contributed by atoms with van der Waals surface area (Å²) in [5.41, 5.74) is -5.65. The number of hydrogen-bond donors (Lipinski definition) is 0. The molecule has 0 aromatic rings. The standard InChI is InChI=1S/C33H71NO4P.CHF3O3S/c1-6-8-10-12-14-16-18-19-20-21-23-25-27-29-32-37-39(35,38-33-30-34(3,4)5)36-31-28-26-24-22-17-15-13-11-9-7-2;2-1(3,4)8(5,6)7/h6-33H2,1-5H3;(H,5,6,7)/q+1;/p-1. The molecule has 0 heterocycles. The molecule has 286 valence electrons. The molecule has 0 N–H and O–H groups in total. The van der Waals surface area contributed by atoms with Crippen molar-refractivity contribution in [3.8, 4) is 0 Å². The first-order valence-electron chi connectivity index (χ1n) is 18.4. The SMILES string of the molecule is CCCCCCCCCCCCCCCCOP(=O)(OCCCCCCCCCCCC)OCC[N+](C)(C)C.O=S(=O)([O-])C(F)(F)F. The van der Waals surface area contributed by atoms with E-state index in [4.69, 9.17) is 26.5 Å². The van der Waals surface area contributed by atoms with Crippen LogP contribution in [-0.4, -0.2) is 70.5 Å². The molecule has 0 bridgehead atoms. The van der Waals surface area contributed by atoms with Crippen LogP contribution in [0.3, 0.4) is 0 Å². The number of quaternary nitrogens is 1. The predicted molar refractivity (Wildman–Crippen MR) is 186 cm³/mol. The van der Waals surface area contributed by atoms with E-state index in [1.165, 1.54) is 128 Å². The first-order chi connectivity index (χ1) is 22.1. The molecular formula is C34H71F3NO7PS. The van der Waals surface area contributed by atoms with Gasteiger partial charge in [-0.15, -0.1) is 0 Å². The van der Waals surface area contributed by atoms with E-state index < -0.39 is 23.4 Å². The maximum Gasteiger partial charge on any atom is 0.485 e. The van der Waals surface area contributed by atoms with Crippen LogP contribution in [0, 0.1) is 0 Å². The Labute approximate surface area is 287 Å². The van der Waals surface area contributed by atoms with Gasteiger partial charge < -0.3 is 9.04 Å². The van der Waals surface area contributed by atoms with Crippen LogP contribution in [-0.2, 0) is 28.3 Å². The Morgan fingerprint density at radius 1 is 0.532 bits per heavy atom. The van der Waals surface area contributed by atoms with E-state index >= 15 is 0 Å². The molecule has 0 radical (unpaired) electrons. The number of nitrogens with zero attached hydrogens (tertiary/aromatic N) is 1. The van der Waals surface area contributed by atoms with Crippen molar-refractivity contribution < 1.29 is 48.8 Å². The minimum Gasteiger partial charge on any atom is -0.741 e. The van der Waals surface area contributed by atoms with Gasteiger partial charge in [-0.2, -0.15) is 13.2 Å². The molecule has 0 aliphatic rings. The minimum atomic E-state index is -6.09. The van der Waals surface area contributed by atoms with E-state index in [1.807, 2.05) is 0 Å². The van der Waals surface area contributed by atoms with Gasteiger partial charge in [-0.3, -0.25) is 13.6 Å². The monoisotopic (exact) mass is 725 g/mol. The summed E-state index contributed by atoms with van der Waals surface area (Å²) >= 11 is 0. The second kappa shape index (κ2) is 30.6. The lowest BCUT2D eigenvalue weighted by atomic mass is 10.0. The zero-order chi connectivity index (χ0) is 35.9. The number of rotatable bonds is 32. The van der Waals surface area contributed by atoms with E-state index in [0.29, 0.717) is 19.8 Å². The average molecular weight is 726 g/mol. The molecule has 8 nitrogen and oxygen atoms in total. The predicted octanol–water partition coefficient (Wildman–Crippen LogP) is 11.3. The molecule has 0 amide bonds. The van der Waals surface area contributed by atoms with Crippen molar-refractivity contribution in [2.75, 3.05) is 47.5 Å². The molecule has 0 rings (SSSR count). The van der Waals surface area contributed by atoms with Crippen LogP contribution in [0.5, 0.6) is 0 Å². The molecule has 0 saturated heterocycles. The summed E-state index contributed by atoms with van der Waals surface area (Å²) < 4.78 is 90.1. The molecule has 1 unspecified atom stereocenters. The molecular weight excluding hydrogens is 654 g/mol. The summed E-state index contributed by atoms with van der Waals surface area (Å²) in [4.78, 5) is 0. The van der Waals surface area contributed by atoms with Crippen LogP contribution < -0.4 is 0 Å². The van der Waals surface area contributed by atoms with Crippen LogP contribution in [0.2, 0.25) is 0 Å². The fourth-order valence-electron chi connectivity index (χ4n) is 4.78. The highest BCUT2D eigenvalue weighted by molar-refractivity contribution is 7.86. The molecule has 1 atom stereocenters. The van der Waals surface area contributed by atoms with Gasteiger partial charge in [0.15, 0.2) is 10.1 Å². The van der Waals surface area contributed by atoms with Gasteiger partial charge in [0, 0.05) is 0 Å². The quantitative estimate of drug-likeness (QED) is 0.0224. The first kappa shape index (κ1) is 48.9. The number of hydrogen-bond acceptors (Lipinski definition) is 7. The number of phosphoric acid groups is 1. The van der Waals surface area contributed by atoms with Gasteiger partial charge in [0.1, 0.15) is 13.2 Å². The Bertz CT molecular complexity index is 841.